The quantitative estimate of drug-likeness (QED) is 0.647. The molecular formula is C26H29N7O. The smallest absolute Gasteiger partial charge is 0.247 e. The number of aromatic nitrogens is 3. The summed E-state index contributed by atoms with van der Waals surface area (Å²) in [5.74, 6) is 1.05. The van der Waals surface area contributed by atoms with Crippen molar-refractivity contribution in [2.45, 2.75) is 31.8 Å². The fourth-order valence-corrected chi connectivity index (χ4v) is 5.30. The normalized spacial score (nSPS) is 20.5. The minimum atomic E-state index is -0.0534. The lowest BCUT2D eigenvalue weighted by molar-refractivity contribution is -0.118. The number of carbonyl (C=O) groups is 1. The Kier molecular flexibility index (Phi) is 5.58. The first kappa shape index (κ1) is 21.0. The molecule has 2 fully saturated rings. The van der Waals surface area contributed by atoms with Crippen molar-refractivity contribution in [1.29, 1.82) is 0 Å². The van der Waals surface area contributed by atoms with E-state index in [1.54, 1.807) is 18.6 Å². The lowest BCUT2D eigenvalue weighted by atomic mass is 9.99. The predicted octanol–water partition coefficient (Wildman–Crippen LogP) is 3.17. The number of piperazine rings is 1. The van der Waals surface area contributed by atoms with Crippen molar-refractivity contribution in [2.24, 2.45) is 0 Å². The topological polar surface area (TPSA) is 77.5 Å². The molecule has 1 aromatic carbocycles. The number of hydrogen-bond donors (Lipinski definition) is 1. The van der Waals surface area contributed by atoms with Crippen LogP contribution in [0.3, 0.4) is 0 Å². The summed E-state index contributed by atoms with van der Waals surface area (Å²) >= 11 is 0. The van der Waals surface area contributed by atoms with Gasteiger partial charge in [0.1, 0.15) is 6.04 Å². The number of carbonyl (C=O) groups excluding carboxylic acids is 1. The number of benzene rings is 1. The van der Waals surface area contributed by atoms with Gasteiger partial charge in [0.25, 0.3) is 0 Å². The average molecular weight is 456 g/mol. The van der Waals surface area contributed by atoms with Crippen molar-refractivity contribution < 1.29 is 4.79 Å². The summed E-state index contributed by atoms with van der Waals surface area (Å²) < 4.78 is 0. The Morgan fingerprint density at radius 2 is 1.79 bits per heavy atom. The zero-order chi connectivity index (χ0) is 22.9. The highest BCUT2D eigenvalue weighted by atomic mass is 16.2. The van der Waals surface area contributed by atoms with E-state index in [0.717, 1.165) is 86.9 Å². The zero-order valence-electron chi connectivity index (χ0n) is 19.2. The van der Waals surface area contributed by atoms with Crippen molar-refractivity contribution in [3.05, 3.63) is 60.7 Å². The lowest BCUT2D eigenvalue weighted by Gasteiger charge is -2.40. The number of hydrogen-bond acceptors (Lipinski definition) is 7. The highest BCUT2D eigenvalue weighted by molar-refractivity contribution is 6.02. The molecule has 34 heavy (non-hydrogen) atoms. The Morgan fingerprint density at radius 1 is 0.941 bits per heavy atom. The molecule has 0 aliphatic carbocycles. The van der Waals surface area contributed by atoms with Crippen LogP contribution in [0.2, 0.25) is 0 Å². The molecule has 0 radical (unpaired) electrons. The predicted molar refractivity (Wildman–Crippen MR) is 133 cm³/mol. The fraction of sp³-hybridized carbons (Fsp3) is 0.385. The molecule has 2 saturated heterocycles. The molecule has 3 aliphatic rings. The molecule has 0 unspecified atom stereocenters. The average Bonchev–Trinajstić information content (AvgIpc) is 2.90. The number of nitrogens with zero attached hydrogens (tertiary/aromatic N) is 6. The second-order valence-electron chi connectivity index (χ2n) is 9.31. The van der Waals surface area contributed by atoms with Crippen LogP contribution in [0.5, 0.6) is 0 Å². The summed E-state index contributed by atoms with van der Waals surface area (Å²) in [6.07, 6.45) is 10.3. The van der Waals surface area contributed by atoms with E-state index in [-0.39, 0.29) is 11.9 Å². The van der Waals surface area contributed by atoms with Gasteiger partial charge in [-0.3, -0.25) is 19.7 Å². The maximum atomic E-state index is 12.6. The fourth-order valence-electron chi connectivity index (χ4n) is 5.30. The third kappa shape index (κ3) is 4.09. The van der Waals surface area contributed by atoms with Gasteiger partial charge in [-0.25, -0.2) is 4.98 Å². The maximum Gasteiger partial charge on any atom is 0.247 e. The molecule has 0 spiro atoms. The van der Waals surface area contributed by atoms with E-state index in [0.29, 0.717) is 0 Å². The first-order valence-electron chi connectivity index (χ1n) is 12.1. The van der Waals surface area contributed by atoms with Gasteiger partial charge >= 0.3 is 0 Å². The van der Waals surface area contributed by atoms with Crippen LogP contribution in [0.4, 0.5) is 17.2 Å². The molecule has 6 rings (SSSR count). The Bertz CT molecular complexity index is 1160. The van der Waals surface area contributed by atoms with E-state index in [2.05, 4.69) is 60.3 Å². The molecule has 2 aromatic heterocycles. The number of anilines is 3. The SMILES string of the molecule is O=C1Nc2cc(CN3CCN(c4ccc(-c5cnccn5)cc4)CC3)cnc2N2CCCC[C@@H]12. The molecule has 8 nitrogen and oxygen atoms in total. The molecule has 174 valence electrons. The van der Waals surface area contributed by atoms with E-state index < -0.39 is 0 Å². The van der Waals surface area contributed by atoms with Crippen molar-refractivity contribution >= 4 is 23.1 Å². The van der Waals surface area contributed by atoms with Gasteiger partial charge in [0.05, 0.1) is 17.6 Å². The number of rotatable bonds is 4. The van der Waals surface area contributed by atoms with Crippen LogP contribution in [0.1, 0.15) is 24.8 Å². The lowest BCUT2D eigenvalue weighted by Crippen LogP contribution is -2.51. The highest BCUT2D eigenvalue weighted by Crippen LogP contribution is 2.34. The van der Waals surface area contributed by atoms with Crippen molar-refractivity contribution in [1.82, 2.24) is 19.9 Å². The molecule has 5 heterocycles. The summed E-state index contributed by atoms with van der Waals surface area (Å²) in [7, 11) is 0. The minimum absolute atomic E-state index is 0.0534. The van der Waals surface area contributed by atoms with Gasteiger partial charge in [-0.15, -0.1) is 0 Å². The van der Waals surface area contributed by atoms with Gasteiger partial charge in [-0.05, 0) is 43.0 Å². The monoisotopic (exact) mass is 455 g/mol. The van der Waals surface area contributed by atoms with E-state index >= 15 is 0 Å². The number of piperidine rings is 1. The molecule has 3 aliphatic heterocycles. The van der Waals surface area contributed by atoms with Crippen LogP contribution in [0.25, 0.3) is 11.3 Å². The first-order valence-corrected chi connectivity index (χ1v) is 12.1. The van der Waals surface area contributed by atoms with Crippen LogP contribution in [0.15, 0.2) is 55.1 Å². The minimum Gasteiger partial charge on any atom is -0.369 e. The van der Waals surface area contributed by atoms with E-state index in [9.17, 15) is 4.79 Å². The van der Waals surface area contributed by atoms with Crippen molar-refractivity contribution in [3.63, 3.8) is 0 Å². The van der Waals surface area contributed by atoms with Crippen LogP contribution < -0.4 is 15.1 Å². The third-order valence-corrected chi connectivity index (χ3v) is 7.13. The summed E-state index contributed by atoms with van der Waals surface area (Å²) in [5.41, 5.74) is 5.23. The molecule has 0 bridgehead atoms. The maximum absolute atomic E-state index is 12.6. The van der Waals surface area contributed by atoms with Crippen LogP contribution in [-0.2, 0) is 11.3 Å². The van der Waals surface area contributed by atoms with Crippen LogP contribution in [-0.4, -0.2) is 64.5 Å². The summed E-state index contributed by atoms with van der Waals surface area (Å²) in [4.78, 5) is 32.9. The molecular weight excluding hydrogens is 426 g/mol. The summed E-state index contributed by atoms with van der Waals surface area (Å²) in [6.45, 7) is 5.70. The van der Waals surface area contributed by atoms with E-state index in [1.165, 1.54) is 5.69 Å². The molecule has 3 aromatic rings. The molecule has 0 saturated carbocycles. The number of fused-ring (bicyclic) bond motifs is 3. The Hall–Kier alpha value is -3.52. The van der Waals surface area contributed by atoms with Crippen LogP contribution in [0, 0.1) is 0 Å². The number of amides is 1. The second-order valence-corrected chi connectivity index (χ2v) is 9.31. The number of pyridine rings is 1. The summed E-state index contributed by atoms with van der Waals surface area (Å²) in [5, 5.41) is 3.10. The Labute approximate surface area is 199 Å². The van der Waals surface area contributed by atoms with Gasteiger partial charge in [-0.1, -0.05) is 12.1 Å². The van der Waals surface area contributed by atoms with Crippen molar-refractivity contribution in [3.8, 4) is 11.3 Å². The van der Waals surface area contributed by atoms with Crippen LogP contribution >= 0.6 is 0 Å². The Morgan fingerprint density at radius 3 is 2.59 bits per heavy atom. The molecule has 1 amide bonds. The largest absolute Gasteiger partial charge is 0.369 e. The summed E-state index contributed by atoms with van der Waals surface area (Å²) in [6, 6.07) is 10.6. The van der Waals surface area contributed by atoms with Gasteiger partial charge in [0.2, 0.25) is 5.91 Å². The number of nitrogens with one attached hydrogen (secondary N) is 1. The highest BCUT2D eigenvalue weighted by Gasteiger charge is 2.35. The van der Waals surface area contributed by atoms with Gasteiger partial charge in [0.15, 0.2) is 5.82 Å². The zero-order valence-corrected chi connectivity index (χ0v) is 19.2. The van der Waals surface area contributed by atoms with Gasteiger partial charge < -0.3 is 15.1 Å². The second kappa shape index (κ2) is 9.02. The standard InChI is InChI=1S/C26H29N7O/c34-26-24-3-1-2-10-33(24)25-22(30-26)15-19(16-29-25)18-31-11-13-32(14-12-31)21-6-4-20(5-7-21)23-17-27-8-9-28-23/h4-9,15-17,24H,1-3,10-14,18H2,(H,30,34)/t24-/m0/s1. The van der Waals surface area contributed by atoms with Gasteiger partial charge in [-0.2, -0.15) is 0 Å². The Balaban J connectivity index is 1.08. The first-order chi connectivity index (χ1) is 16.7. The van der Waals surface area contributed by atoms with Gasteiger partial charge in [0, 0.05) is 69.1 Å². The third-order valence-electron chi connectivity index (χ3n) is 7.13. The van der Waals surface area contributed by atoms with Crippen molar-refractivity contribution in [2.75, 3.05) is 47.8 Å². The molecule has 1 N–H and O–H groups in total. The van der Waals surface area contributed by atoms with E-state index in [1.807, 2.05) is 6.20 Å². The molecule has 1 atom stereocenters. The molecule has 8 heteroatoms. The van der Waals surface area contributed by atoms with E-state index in [4.69, 9.17) is 4.98 Å².